The van der Waals surface area contributed by atoms with Crippen molar-refractivity contribution < 1.29 is 28.9 Å². The van der Waals surface area contributed by atoms with E-state index in [1.54, 1.807) is 11.8 Å². The van der Waals surface area contributed by atoms with Gasteiger partial charge in [-0.15, -0.1) is 0 Å². The third-order valence-corrected chi connectivity index (χ3v) is 4.89. The molecule has 3 heterocycles. The Bertz CT molecular complexity index is 441. The largest absolute Gasteiger partial charge is 0.466 e. The molecule has 0 spiro atoms. The molecule has 0 radical (unpaired) electrons. The van der Waals surface area contributed by atoms with Gasteiger partial charge in [-0.05, 0) is 13.3 Å². The Labute approximate surface area is 123 Å². The van der Waals surface area contributed by atoms with E-state index >= 15 is 0 Å². The topological polar surface area (TPSA) is 85.3 Å². The van der Waals surface area contributed by atoms with Crippen LogP contribution in [-0.2, 0) is 19.0 Å². The summed E-state index contributed by atoms with van der Waals surface area (Å²) < 4.78 is 15.7. The predicted molar refractivity (Wildman–Crippen MR) is 70.4 cm³/mol. The minimum atomic E-state index is -0.652. The lowest BCUT2D eigenvalue weighted by atomic mass is 9.83. The maximum atomic E-state index is 12.1. The van der Waals surface area contributed by atoms with Crippen LogP contribution in [0.25, 0.3) is 0 Å². The van der Waals surface area contributed by atoms with Crippen molar-refractivity contribution in [3.05, 3.63) is 0 Å². The van der Waals surface area contributed by atoms with Crippen LogP contribution in [0.1, 0.15) is 13.3 Å². The third-order valence-electron chi connectivity index (χ3n) is 4.89. The summed E-state index contributed by atoms with van der Waals surface area (Å²) in [6.07, 6.45) is -1.18. The van der Waals surface area contributed by atoms with Gasteiger partial charge in [0.1, 0.15) is 0 Å². The number of rotatable bonds is 2. The Morgan fingerprint density at radius 2 is 2.05 bits per heavy atom. The molecule has 2 bridgehead atoms. The number of carbonyl (C=O) groups is 2. The van der Waals surface area contributed by atoms with Gasteiger partial charge in [0.2, 0.25) is 0 Å². The summed E-state index contributed by atoms with van der Waals surface area (Å²) in [5.74, 6) is -0.730. The van der Waals surface area contributed by atoms with Crippen LogP contribution in [0.3, 0.4) is 0 Å². The highest BCUT2D eigenvalue weighted by atomic mass is 16.6. The average molecular weight is 299 g/mol. The normalized spacial score (nSPS) is 40.8. The van der Waals surface area contributed by atoms with Crippen molar-refractivity contribution in [3.8, 4) is 0 Å². The third kappa shape index (κ3) is 2.28. The highest BCUT2D eigenvalue weighted by Gasteiger charge is 2.58. The van der Waals surface area contributed by atoms with E-state index in [4.69, 9.17) is 14.2 Å². The zero-order chi connectivity index (χ0) is 15.1. The van der Waals surface area contributed by atoms with Gasteiger partial charge in [-0.2, -0.15) is 0 Å². The maximum absolute atomic E-state index is 12.1. The first kappa shape index (κ1) is 14.6. The van der Waals surface area contributed by atoms with Crippen LogP contribution < -0.4 is 0 Å². The fraction of sp³-hybridized carbons (Fsp3) is 0.857. The Balaban J connectivity index is 1.78. The number of fused-ring (bicyclic) bond motifs is 4. The molecule has 3 aliphatic heterocycles. The van der Waals surface area contributed by atoms with Crippen molar-refractivity contribution >= 4 is 12.1 Å². The highest BCUT2D eigenvalue weighted by Crippen LogP contribution is 2.47. The van der Waals surface area contributed by atoms with Gasteiger partial charge < -0.3 is 24.2 Å². The Morgan fingerprint density at radius 1 is 1.33 bits per heavy atom. The number of aliphatic hydroxyl groups excluding tert-OH is 1. The molecule has 3 rings (SSSR count). The second-order valence-electron chi connectivity index (χ2n) is 5.93. The molecular weight excluding hydrogens is 278 g/mol. The molecule has 0 aromatic carbocycles. The molecule has 0 saturated carbocycles. The first-order valence-electron chi connectivity index (χ1n) is 7.39. The Morgan fingerprint density at radius 3 is 2.71 bits per heavy atom. The second-order valence-corrected chi connectivity index (χ2v) is 5.93. The van der Waals surface area contributed by atoms with E-state index in [1.807, 2.05) is 0 Å². The smallest absolute Gasteiger partial charge is 0.409 e. The summed E-state index contributed by atoms with van der Waals surface area (Å²) in [6, 6.07) is 0. The van der Waals surface area contributed by atoms with E-state index in [9.17, 15) is 14.7 Å². The molecular formula is C14H21NO6. The van der Waals surface area contributed by atoms with Gasteiger partial charge in [0.05, 0.1) is 37.9 Å². The number of methoxy groups -OCH3 is 1. The van der Waals surface area contributed by atoms with E-state index in [2.05, 4.69) is 0 Å². The van der Waals surface area contributed by atoms with Crippen molar-refractivity contribution in [1.82, 2.24) is 4.90 Å². The van der Waals surface area contributed by atoms with Crippen LogP contribution in [0, 0.1) is 17.8 Å². The quantitative estimate of drug-likeness (QED) is 0.723. The lowest BCUT2D eigenvalue weighted by Gasteiger charge is -2.35. The van der Waals surface area contributed by atoms with Crippen molar-refractivity contribution in [3.63, 3.8) is 0 Å². The number of hydrogen-bond acceptors (Lipinski definition) is 6. The number of ether oxygens (including phenoxy) is 3. The first-order chi connectivity index (χ1) is 10.1. The van der Waals surface area contributed by atoms with Crippen LogP contribution in [0.5, 0.6) is 0 Å². The van der Waals surface area contributed by atoms with Crippen molar-refractivity contribution in [1.29, 1.82) is 0 Å². The van der Waals surface area contributed by atoms with Gasteiger partial charge in [-0.3, -0.25) is 4.79 Å². The zero-order valence-electron chi connectivity index (χ0n) is 12.2. The van der Waals surface area contributed by atoms with Crippen molar-refractivity contribution in [2.45, 2.75) is 31.7 Å². The molecule has 3 fully saturated rings. The molecule has 3 saturated heterocycles. The zero-order valence-corrected chi connectivity index (χ0v) is 12.2. The summed E-state index contributed by atoms with van der Waals surface area (Å²) in [5.41, 5.74) is 0. The molecule has 0 aliphatic carbocycles. The number of nitrogens with zero attached hydrogens (tertiary/aromatic N) is 1. The van der Waals surface area contributed by atoms with Crippen molar-refractivity contribution in [2.24, 2.45) is 17.8 Å². The number of amides is 1. The van der Waals surface area contributed by atoms with E-state index in [1.165, 1.54) is 7.11 Å². The minimum Gasteiger partial charge on any atom is -0.466 e. The maximum Gasteiger partial charge on any atom is 0.409 e. The predicted octanol–water partition coefficient (Wildman–Crippen LogP) is 0.0121. The van der Waals surface area contributed by atoms with Crippen LogP contribution in [0.2, 0.25) is 0 Å². The highest BCUT2D eigenvalue weighted by molar-refractivity contribution is 5.74. The molecule has 7 heteroatoms. The van der Waals surface area contributed by atoms with Gasteiger partial charge in [0.25, 0.3) is 0 Å². The molecule has 1 N–H and O–H groups in total. The van der Waals surface area contributed by atoms with E-state index < -0.39 is 12.2 Å². The van der Waals surface area contributed by atoms with Crippen LogP contribution >= 0.6 is 0 Å². The van der Waals surface area contributed by atoms with Gasteiger partial charge in [-0.1, -0.05) is 0 Å². The van der Waals surface area contributed by atoms with Crippen molar-refractivity contribution in [2.75, 3.05) is 26.8 Å². The Kier molecular flexibility index (Phi) is 3.79. The number of carbonyl (C=O) groups excluding carboxylic acids is 2. The lowest BCUT2D eigenvalue weighted by Crippen LogP contribution is -2.46. The number of esters is 1. The van der Waals surface area contributed by atoms with Gasteiger partial charge in [-0.25, -0.2) is 4.79 Å². The van der Waals surface area contributed by atoms with Crippen LogP contribution in [0.4, 0.5) is 4.79 Å². The summed E-state index contributed by atoms with van der Waals surface area (Å²) in [6.45, 7) is 3.00. The second kappa shape index (κ2) is 5.46. The number of likely N-dealkylation sites (tertiary alicyclic amines) is 1. The van der Waals surface area contributed by atoms with Crippen LogP contribution in [0.15, 0.2) is 0 Å². The van der Waals surface area contributed by atoms with Gasteiger partial charge in [0.15, 0.2) is 0 Å². The summed E-state index contributed by atoms with van der Waals surface area (Å²) in [5, 5.41) is 10.4. The average Bonchev–Trinajstić information content (AvgIpc) is 3.08. The molecule has 0 unspecified atom stereocenters. The first-order valence-corrected chi connectivity index (χ1v) is 7.39. The van der Waals surface area contributed by atoms with Gasteiger partial charge >= 0.3 is 12.1 Å². The van der Waals surface area contributed by atoms with E-state index in [0.717, 1.165) is 0 Å². The number of aliphatic hydroxyl groups is 1. The van der Waals surface area contributed by atoms with Crippen LogP contribution in [-0.4, -0.2) is 67.2 Å². The molecule has 1 amide bonds. The van der Waals surface area contributed by atoms with E-state index in [-0.39, 0.29) is 35.9 Å². The SMILES string of the molecule is CCOC(=O)[C@H]1C[C@@H]2O[C@H]1[C@H]1CN(C(=O)OC)C[C@H]1[C@@H]2O. The molecule has 7 nitrogen and oxygen atoms in total. The van der Waals surface area contributed by atoms with Gasteiger partial charge in [0, 0.05) is 24.9 Å². The molecule has 6 atom stereocenters. The molecule has 0 aromatic rings. The fourth-order valence-corrected chi connectivity index (χ4v) is 3.95. The minimum absolute atomic E-state index is 0.0488. The number of hydrogen-bond donors (Lipinski definition) is 1. The molecule has 21 heavy (non-hydrogen) atoms. The molecule has 118 valence electrons. The Hall–Kier alpha value is -1.34. The fourth-order valence-electron chi connectivity index (χ4n) is 3.95. The lowest BCUT2D eigenvalue weighted by molar-refractivity contribution is -0.157. The molecule has 3 aliphatic rings. The monoisotopic (exact) mass is 299 g/mol. The molecule has 0 aromatic heterocycles. The summed E-state index contributed by atoms with van der Waals surface area (Å²) in [7, 11) is 1.34. The standard InChI is InChI=1S/C14H21NO6/c1-3-20-13(17)7-4-10-11(16)8-5-15(14(18)19-2)6-9(8)12(7)21-10/h7-12,16H,3-6H2,1-2H3/t7-,8+,9-,10-,11-,12+/m0/s1. The van der Waals surface area contributed by atoms with E-state index in [0.29, 0.717) is 26.1 Å². The summed E-state index contributed by atoms with van der Waals surface area (Å²) >= 11 is 0. The summed E-state index contributed by atoms with van der Waals surface area (Å²) in [4.78, 5) is 25.3.